The van der Waals surface area contributed by atoms with Crippen LogP contribution in [0.4, 0.5) is 5.82 Å². The molecule has 1 fully saturated rings. The van der Waals surface area contributed by atoms with Crippen molar-refractivity contribution in [3.8, 4) is 5.82 Å². The molecule has 0 N–H and O–H groups in total. The van der Waals surface area contributed by atoms with Gasteiger partial charge in [0, 0.05) is 43.0 Å². The highest BCUT2D eigenvalue weighted by atomic mass is 35.5. The number of rotatable bonds is 4. The van der Waals surface area contributed by atoms with Crippen LogP contribution < -0.4 is 4.90 Å². The number of anilines is 1. The van der Waals surface area contributed by atoms with Gasteiger partial charge in [-0.3, -0.25) is 0 Å². The van der Waals surface area contributed by atoms with Crippen LogP contribution in [0, 0.1) is 20.8 Å². The van der Waals surface area contributed by atoms with E-state index in [0.717, 1.165) is 17.2 Å². The Morgan fingerprint density at radius 3 is 2.27 bits per heavy atom. The van der Waals surface area contributed by atoms with Crippen molar-refractivity contribution in [2.75, 3.05) is 31.1 Å². The van der Waals surface area contributed by atoms with Gasteiger partial charge in [0.15, 0.2) is 5.82 Å². The number of benzene rings is 1. The minimum atomic E-state index is -3.58. The molecule has 2 aromatic heterocycles. The van der Waals surface area contributed by atoms with Gasteiger partial charge in [-0.25, -0.2) is 23.1 Å². The number of hydrogen-bond donors (Lipinski definition) is 0. The molecule has 0 spiro atoms. The quantitative estimate of drug-likeness (QED) is 0.612. The van der Waals surface area contributed by atoms with E-state index in [1.165, 1.54) is 10.4 Å². The average Bonchev–Trinajstić information content (AvgIpc) is 3.05. The van der Waals surface area contributed by atoms with E-state index in [-0.39, 0.29) is 4.90 Å². The Balaban J connectivity index is 1.54. The van der Waals surface area contributed by atoms with Crippen LogP contribution >= 0.6 is 11.6 Å². The summed E-state index contributed by atoms with van der Waals surface area (Å²) in [5.41, 5.74) is 1.92. The number of halogens is 1. The molecule has 1 aliphatic heterocycles. The second kappa shape index (κ2) is 7.98. The summed E-state index contributed by atoms with van der Waals surface area (Å²) in [6.45, 7) is 7.58. The fourth-order valence-corrected chi connectivity index (χ4v) is 5.33. The predicted molar refractivity (Wildman–Crippen MR) is 116 cm³/mol. The maximum absolute atomic E-state index is 12.9. The molecule has 10 heteroatoms. The van der Waals surface area contributed by atoms with Gasteiger partial charge < -0.3 is 4.90 Å². The van der Waals surface area contributed by atoms with E-state index in [1.54, 1.807) is 22.9 Å². The van der Waals surface area contributed by atoms with Gasteiger partial charge in [0.2, 0.25) is 10.0 Å². The smallest absolute Gasteiger partial charge is 0.243 e. The standard InChI is InChI=1S/C20H23ClN6O2S/c1-14-11-15(2)27(24-14)20-13-19(22-16(3)23-20)25-7-9-26(10-8-25)30(28,29)18-6-4-5-17(21)12-18/h4-6,11-13H,7-10H2,1-3H3. The Morgan fingerprint density at radius 1 is 0.933 bits per heavy atom. The molecule has 8 nitrogen and oxygen atoms in total. The van der Waals surface area contributed by atoms with Crippen molar-refractivity contribution in [3.05, 3.63) is 58.6 Å². The van der Waals surface area contributed by atoms with Gasteiger partial charge in [0.1, 0.15) is 11.6 Å². The van der Waals surface area contributed by atoms with Crippen molar-refractivity contribution in [2.45, 2.75) is 25.7 Å². The van der Waals surface area contributed by atoms with Gasteiger partial charge >= 0.3 is 0 Å². The molecule has 3 heterocycles. The molecular weight excluding hydrogens is 424 g/mol. The lowest BCUT2D eigenvalue weighted by Crippen LogP contribution is -2.49. The van der Waals surface area contributed by atoms with Crippen LogP contribution in [0.2, 0.25) is 5.02 Å². The van der Waals surface area contributed by atoms with Crippen LogP contribution in [0.25, 0.3) is 5.82 Å². The molecule has 0 unspecified atom stereocenters. The molecule has 158 valence electrons. The van der Waals surface area contributed by atoms with Crippen LogP contribution in [0.5, 0.6) is 0 Å². The van der Waals surface area contributed by atoms with E-state index in [0.29, 0.717) is 42.8 Å². The average molecular weight is 447 g/mol. The second-order valence-electron chi connectivity index (χ2n) is 7.32. The third kappa shape index (κ3) is 4.05. The zero-order valence-corrected chi connectivity index (χ0v) is 18.7. The molecule has 30 heavy (non-hydrogen) atoms. The first kappa shape index (κ1) is 20.8. The number of aromatic nitrogens is 4. The molecule has 0 atom stereocenters. The summed E-state index contributed by atoms with van der Waals surface area (Å²) in [4.78, 5) is 11.4. The SMILES string of the molecule is Cc1cc(C)n(-c2cc(N3CCN(S(=O)(=O)c4cccc(Cl)c4)CC3)nc(C)n2)n1. The zero-order valence-electron chi connectivity index (χ0n) is 17.1. The van der Waals surface area contributed by atoms with Crippen LogP contribution in [-0.4, -0.2) is 58.7 Å². The monoisotopic (exact) mass is 446 g/mol. The molecule has 3 aromatic rings. The van der Waals surface area contributed by atoms with E-state index < -0.39 is 10.0 Å². The van der Waals surface area contributed by atoms with Crippen LogP contribution in [0.15, 0.2) is 41.3 Å². The minimum absolute atomic E-state index is 0.216. The van der Waals surface area contributed by atoms with Gasteiger partial charge in [-0.2, -0.15) is 9.40 Å². The molecule has 0 radical (unpaired) electrons. The summed E-state index contributed by atoms with van der Waals surface area (Å²) in [6.07, 6.45) is 0. The van der Waals surface area contributed by atoms with Gasteiger partial charge in [0.05, 0.1) is 10.6 Å². The third-order valence-corrected chi connectivity index (χ3v) is 7.16. The Hall–Kier alpha value is -2.49. The Morgan fingerprint density at radius 2 is 1.63 bits per heavy atom. The maximum Gasteiger partial charge on any atom is 0.243 e. The molecule has 1 aromatic carbocycles. The van der Waals surface area contributed by atoms with E-state index in [9.17, 15) is 8.42 Å². The van der Waals surface area contributed by atoms with E-state index in [1.807, 2.05) is 32.9 Å². The fourth-order valence-electron chi connectivity index (χ4n) is 3.60. The molecular formula is C20H23ClN6O2S. The lowest BCUT2D eigenvalue weighted by atomic mass is 10.3. The highest BCUT2D eigenvalue weighted by Gasteiger charge is 2.29. The third-order valence-electron chi connectivity index (χ3n) is 5.03. The Bertz CT molecular complexity index is 1190. The van der Waals surface area contributed by atoms with E-state index >= 15 is 0 Å². The summed E-state index contributed by atoms with van der Waals surface area (Å²) in [5, 5.41) is 4.91. The summed E-state index contributed by atoms with van der Waals surface area (Å²) in [6, 6.07) is 10.3. The Kier molecular flexibility index (Phi) is 5.52. The summed E-state index contributed by atoms with van der Waals surface area (Å²) >= 11 is 5.97. The number of aryl methyl sites for hydroxylation is 3. The van der Waals surface area contributed by atoms with Gasteiger partial charge in [0.25, 0.3) is 0 Å². The summed E-state index contributed by atoms with van der Waals surface area (Å²) in [5.74, 6) is 2.12. The van der Waals surface area contributed by atoms with Crippen LogP contribution in [-0.2, 0) is 10.0 Å². The van der Waals surface area contributed by atoms with Gasteiger partial charge in [-0.15, -0.1) is 0 Å². The van der Waals surface area contributed by atoms with Gasteiger partial charge in [-0.1, -0.05) is 17.7 Å². The number of piperazine rings is 1. The van der Waals surface area contributed by atoms with Crippen molar-refractivity contribution >= 4 is 27.4 Å². The minimum Gasteiger partial charge on any atom is -0.354 e. The van der Waals surface area contributed by atoms with Crippen LogP contribution in [0.1, 0.15) is 17.2 Å². The number of sulfonamides is 1. The molecule has 1 saturated heterocycles. The van der Waals surface area contributed by atoms with Crippen molar-refractivity contribution in [1.29, 1.82) is 0 Å². The largest absolute Gasteiger partial charge is 0.354 e. The second-order valence-corrected chi connectivity index (χ2v) is 9.69. The van der Waals surface area contributed by atoms with Crippen LogP contribution in [0.3, 0.4) is 0 Å². The number of nitrogens with zero attached hydrogens (tertiary/aromatic N) is 6. The number of hydrogen-bond acceptors (Lipinski definition) is 6. The molecule has 1 aliphatic rings. The predicted octanol–water partition coefficient (Wildman–Crippen LogP) is 2.75. The zero-order chi connectivity index (χ0) is 21.5. The summed E-state index contributed by atoms with van der Waals surface area (Å²) < 4.78 is 29.1. The van der Waals surface area contributed by atoms with Crippen molar-refractivity contribution in [2.24, 2.45) is 0 Å². The highest BCUT2D eigenvalue weighted by Crippen LogP contribution is 2.23. The normalized spacial score (nSPS) is 15.5. The maximum atomic E-state index is 12.9. The van der Waals surface area contributed by atoms with E-state index in [4.69, 9.17) is 11.6 Å². The van der Waals surface area contributed by atoms with Gasteiger partial charge in [-0.05, 0) is 45.0 Å². The van der Waals surface area contributed by atoms with E-state index in [2.05, 4.69) is 20.0 Å². The highest BCUT2D eigenvalue weighted by molar-refractivity contribution is 7.89. The first-order valence-electron chi connectivity index (χ1n) is 9.64. The first-order valence-corrected chi connectivity index (χ1v) is 11.5. The molecule has 0 amide bonds. The Labute approximate surface area is 181 Å². The topological polar surface area (TPSA) is 84.2 Å². The summed E-state index contributed by atoms with van der Waals surface area (Å²) in [7, 11) is -3.58. The molecule has 0 aliphatic carbocycles. The van der Waals surface area contributed by atoms with Crippen molar-refractivity contribution in [1.82, 2.24) is 24.1 Å². The molecule has 0 saturated carbocycles. The fraction of sp³-hybridized carbons (Fsp3) is 0.350. The van der Waals surface area contributed by atoms with Crippen molar-refractivity contribution in [3.63, 3.8) is 0 Å². The molecule has 0 bridgehead atoms. The lowest BCUT2D eigenvalue weighted by molar-refractivity contribution is 0.383. The first-order chi connectivity index (χ1) is 14.2. The molecule has 4 rings (SSSR count). The van der Waals surface area contributed by atoms with Crippen molar-refractivity contribution < 1.29 is 8.42 Å². The lowest BCUT2D eigenvalue weighted by Gasteiger charge is -2.34.